The van der Waals surface area contributed by atoms with E-state index < -0.39 is 16.0 Å². The van der Waals surface area contributed by atoms with Gasteiger partial charge in [-0.05, 0) is 43.9 Å². The highest BCUT2D eigenvalue weighted by Gasteiger charge is 2.27. The SMILES string of the molecule is CCCCCNC(=O)COC(=O)c1cc(S(=O)(=O)N2CCCCC2)ccc1C. The number of carbonyl (C=O) groups is 2. The van der Waals surface area contributed by atoms with Gasteiger partial charge in [0, 0.05) is 19.6 Å². The lowest BCUT2D eigenvalue weighted by Crippen LogP contribution is -2.35. The predicted molar refractivity (Wildman–Crippen MR) is 107 cm³/mol. The second-order valence-electron chi connectivity index (χ2n) is 7.07. The van der Waals surface area contributed by atoms with Crippen molar-refractivity contribution in [2.45, 2.75) is 57.3 Å². The fourth-order valence-electron chi connectivity index (χ4n) is 3.10. The van der Waals surface area contributed by atoms with Crippen LogP contribution in [-0.4, -0.2) is 50.8 Å². The molecule has 28 heavy (non-hydrogen) atoms. The van der Waals surface area contributed by atoms with Gasteiger partial charge in [0.2, 0.25) is 10.0 Å². The van der Waals surface area contributed by atoms with E-state index in [9.17, 15) is 18.0 Å². The molecule has 1 aromatic rings. The van der Waals surface area contributed by atoms with Crippen molar-refractivity contribution in [3.8, 4) is 0 Å². The smallest absolute Gasteiger partial charge is 0.338 e. The Morgan fingerprint density at radius 1 is 1.14 bits per heavy atom. The summed E-state index contributed by atoms with van der Waals surface area (Å²) in [5, 5.41) is 2.70. The van der Waals surface area contributed by atoms with E-state index >= 15 is 0 Å². The van der Waals surface area contributed by atoms with Crippen molar-refractivity contribution < 1.29 is 22.7 Å². The van der Waals surface area contributed by atoms with E-state index in [0.717, 1.165) is 38.5 Å². The fraction of sp³-hybridized carbons (Fsp3) is 0.600. The third kappa shape index (κ3) is 6.04. The number of amides is 1. The van der Waals surface area contributed by atoms with Crippen molar-refractivity contribution in [1.82, 2.24) is 9.62 Å². The average molecular weight is 411 g/mol. The van der Waals surface area contributed by atoms with Gasteiger partial charge in [-0.15, -0.1) is 0 Å². The number of rotatable bonds is 9. The largest absolute Gasteiger partial charge is 0.452 e. The molecule has 1 N–H and O–H groups in total. The number of sulfonamides is 1. The van der Waals surface area contributed by atoms with E-state index in [2.05, 4.69) is 12.2 Å². The Morgan fingerprint density at radius 2 is 1.86 bits per heavy atom. The van der Waals surface area contributed by atoms with Crippen LogP contribution in [-0.2, 0) is 19.6 Å². The number of nitrogens with zero attached hydrogens (tertiary/aromatic N) is 1. The second kappa shape index (κ2) is 10.6. The normalized spacial score (nSPS) is 15.2. The van der Waals surface area contributed by atoms with Crippen LogP contribution in [0.25, 0.3) is 0 Å². The molecule has 1 saturated heterocycles. The van der Waals surface area contributed by atoms with Crippen molar-refractivity contribution in [3.05, 3.63) is 29.3 Å². The zero-order chi connectivity index (χ0) is 20.6. The standard InChI is InChI=1S/C20H30N2O5S/c1-3-4-6-11-21-19(23)15-27-20(24)18-14-17(10-9-16(18)2)28(25,26)22-12-7-5-8-13-22/h9-10,14H,3-8,11-13,15H2,1-2H3,(H,21,23). The van der Waals surface area contributed by atoms with Crippen LogP contribution in [0.1, 0.15) is 61.4 Å². The van der Waals surface area contributed by atoms with Crippen molar-refractivity contribution in [1.29, 1.82) is 0 Å². The van der Waals surface area contributed by atoms with Crippen LogP contribution < -0.4 is 5.32 Å². The molecule has 0 atom stereocenters. The van der Waals surface area contributed by atoms with E-state index in [1.54, 1.807) is 13.0 Å². The Morgan fingerprint density at radius 3 is 2.54 bits per heavy atom. The molecule has 8 heteroatoms. The topological polar surface area (TPSA) is 92.8 Å². The highest BCUT2D eigenvalue weighted by atomic mass is 32.2. The summed E-state index contributed by atoms with van der Waals surface area (Å²) in [6.07, 6.45) is 5.67. The van der Waals surface area contributed by atoms with E-state index in [1.807, 2.05) is 0 Å². The summed E-state index contributed by atoms with van der Waals surface area (Å²) in [4.78, 5) is 24.2. The van der Waals surface area contributed by atoms with Crippen LogP contribution in [0.3, 0.4) is 0 Å². The van der Waals surface area contributed by atoms with Crippen molar-refractivity contribution >= 4 is 21.9 Å². The zero-order valence-electron chi connectivity index (χ0n) is 16.7. The summed E-state index contributed by atoms with van der Waals surface area (Å²) in [5.74, 6) is -1.06. The first-order valence-corrected chi connectivity index (χ1v) is 11.3. The van der Waals surface area contributed by atoms with Crippen molar-refractivity contribution in [2.75, 3.05) is 26.2 Å². The lowest BCUT2D eigenvalue weighted by molar-refractivity contribution is -0.124. The van der Waals surface area contributed by atoms with E-state index in [0.29, 0.717) is 25.2 Å². The second-order valence-corrected chi connectivity index (χ2v) is 9.01. The maximum Gasteiger partial charge on any atom is 0.338 e. The molecule has 0 aromatic heterocycles. The van der Waals surface area contributed by atoms with Crippen LogP contribution in [0.2, 0.25) is 0 Å². The van der Waals surface area contributed by atoms with Gasteiger partial charge < -0.3 is 10.1 Å². The molecular weight excluding hydrogens is 380 g/mol. The lowest BCUT2D eigenvalue weighted by atomic mass is 10.1. The Bertz CT molecular complexity index is 786. The maximum absolute atomic E-state index is 12.8. The number of benzene rings is 1. The van der Waals surface area contributed by atoms with Gasteiger partial charge in [0.25, 0.3) is 5.91 Å². The Hall–Kier alpha value is -1.93. The van der Waals surface area contributed by atoms with Crippen LogP contribution in [0.15, 0.2) is 23.1 Å². The minimum absolute atomic E-state index is 0.0796. The molecule has 0 saturated carbocycles. The van der Waals surface area contributed by atoms with Crippen molar-refractivity contribution in [3.63, 3.8) is 0 Å². The molecule has 0 spiro atoms. The molecule has 1 heterocycles. The summed E-state index contributed by atoms with van der Waals surface area (Å²) in [7, 11) is -3.64. The number of nitrogens with one attached hydrogen (secondary N) is 1. The van der Waals surface area contributed by atoms with Gasteiger partial charge in [0.1, 0.15) is 0 Å². The highest BCUT2D eigenvalue weighted by Crippen LogP contribution is 2.23. The molecule has 1 aliphatic heterocycles. The number of esters is 1. The summed E-state index contributed by atoms with van der Waals surface area (Å²) in [6.45, 7) is 4.94. The quantitative estimate of drug-likeness (QED) is 0.499. The number of hydrogen-bond donors (Lipinski definition) is 1. The van der Waals surface area contributed by atoms with Gasteiger partial charge in [0.15, 0.2) is 6.61 Å². The number of unbranched alkanes of at least 4 members (excludes halogenated alkanes) is 2. The van der Waals surface area contributed by atoms with E-state index in [4.69, 9.17) is 4.74 Å². The predicted octanol–water partition coefficient (Wildman–Crippen LogP) is 2.63. The summed E-state index contributed by atoms with van der Waals surface area (Å²) >= 11 is 0. The first kappa shape index (κ1) is 22.4. The van der Waals surface area contributed by atoms with Crippen LogP contribution in [0.5, 0.6) is 0 Å². The third-order valence-corrected chi connectivity index (χ3v) is 6.71. The minimum atomic E-state index is -3.64. The number of ether oxygens (including phenoxy) is 1. The van der Waals surface area contributed by atoms with Gasteiger partial charge in [-0.25, -0.2) is 13.2 Å². The van der Waals surface area contributed by atoms with Crippen LogP contribution in [0, 0.1) is 6.92 Å². The number of piperidine rings is 1. The van der Waals surface area contributed by atoms with E-state index in [-0.39, 0.29) is 23.0 Å². The molecule has 0 aliphatic carbocycles. The van der Waals surface area contributed by atoms with Gasteiger partial charge in [-0.3, -0.25) is 4.79 Å². The highest BCUT2D eigenvalue weighted by molar-refractivity contribution is 7.89. The molecule has 0 unspecified atom stereocenters. The molecule has 156 valence electrons. The average Bonchev–Trinajstić information content (AvgIpc) is 2.70. The molecule has 1 aromatic carbocycles. The Labute approximate surface area is 167 Å². The summed E-state index contributed by atoms with van der Waals surface area (Å²) in [6, 6.07) is 4.45. The summed E-state index contributed by atoms with van der Waals surface area (Å²) < 4.78 is 32.2. The minimum Gasteiger partial charge on any atom is -0.452 e. The number of carbonyl (C=O) groups excluding carboxylic acids is 2. The van der Waals surface area contributed by atoms with Crippen LogP contribution >= 0.6 is 0 Å². The molecule has 0 bridgehead atoms. The molecule has 1 amide bonds. The lowest BCUT2D eigenvalue weighted by Gasteiger charge is -2.26. The van der Waals surface area contributed by atoms with Gasteiger partial charge >= 0.3 is 5.97 Å². The first-order chi connectivity index (χ1) is 13.4. The third-order valence-electron chi connectivity index (χ3n) is 4.82. The van der Waals surface area contributed by atoms with Gasteiger partial charge in [-0.2, -0.15) is 4.31 Å². The molecule has 1 aliphatic rings. The number of hydrogen-bond acceptors (Lipinski definition) is 5. The van der Waals surface area contributed by atoms with Gasteiger partial charge in [0.05, 0.1) is 10.5 Å². The Kier molecular flexibility index (Phi) is 8.44. The fourth-order valence-corrected chi connectivity index (χ4v) is 4.64. The first-order valence-electron chi connectivity index (χ1n) is 9.91. The van der Waals surface area contributed by atoms with E-state index in [1.165, 1.54) is 16.4 Å². The van der Waals surface area contributed by atoms with Crippen LogP contribution in [0.4, 0.5) is 0 Å². The molecule has 2 rings (SSSR count). The molecule has 0 radical (unpaired) electrons. The molecular formula is C20H30N2O5S. The zero-order valence-corrected chi connectivity index (χ0v) is 17.5. The molecule has 7 nitrogen and oxygen atoms in total. The monoisotopic (exact) mass is 410 g/mol. The molecule has 1 fully saturated rings. The number of aryl methyl sites for hydroxylation is 1. The summed E-state index contributed by atoms with van der Waals surface area (Å²) in [5.41, 5.74) is 0.766. The maximum atomic E-state index is 12.8. The van der Waals surface area contributed by atoms with Crippen molar-refractivity contribution in [2.24, 2.45) is 0 Å². The van der Waals surface area contributed by atoms with Gasteiger partial charge in [-0.1, -0.05) is 32.3 Å². The Balaban J connectivity index is 2.02.